The van der Waals surface area contributed by atoms with Gasteiger partial charge in [-0.05, 0) is 25.0 Å². The van der Waals surface area contributed by atoms with Crippen LogP contribution in [0.3, 0.4) is 0 Å². The van der Waals surface area contributed by atoms with E-state index in [4.69, 9.17) is 4.74 Å². The van der Waals surface area contributed by atoms with Gasteiger partial charge in [0.15, 0.2) is 0 Å². The molecule has 1 aliphatic heterocycles. The van der Waals surface area contributed by atoms with Crippen molar-refractivity contribution in [1.29, 1.82) is 0 Å². The molecule has 146 valence electrons. The first-order valence-corrected chi connectivity index (χ1v) is 9.62. The molecule has 2 aromatic carbocycles. The van der Waals surface area contributed by atoms with Crippen LogP contribution in [0.5, 0.6) is 11.5 Å². The Hall–Kier alpha value is -3.08. The number of para-hydroxylation sites is 2. The van der Waals surface area contributed by atoms with E-state index in [1.807, 2.05) is 48.5 Å². The van der Waals surface area contributed by atoms with Gasteiger partial charge < -0.3 is 14.8 Å². The van der Waals surface area contributed by atoms with Crippen molar-refractivity contribution in [2.75, 3.05) is 13.7 Å². The van der Waals surface area contributed by atoms with E-state index in [0.717, 1.165) is 53.9 Å². The summed E-state index contributed by atoms with van der Waals surface area (Å²) in [6.45, 7) is 0.612. The zero-order valence-electron chi connectivity index (χ0n) is 16.1. The number of unbranched alkanes of at least 4 members (excludes halogenated alkanes) is 3. The molecule has 0 atom stereocenters. The van der Waals surface area contributed by atoms with Gasteiger partial charge in [-0.15, -0.1) is 0 Å². The van der Waals surface area contributed by atoms with Crippen molar-refractivity contribution in [3.63, 3.8) is 0 Å². The number of fused-ring (bicyclic) bond motifs is 2. The lowest BCUT2D eigenvalue weighted by Gasteiger charge is -2.22. The maximum absolute atomic E-state index is 12.5. The lowest BCUT2D eigenvalue weighted by Crippen LogP contribution is -2.22. The summed E-state index contributed by atoms with van der Waals surface area (Å²) in [5, 5.41) is 2.95. The maximum atomic E-state index is 12.5. The summed E-state index contributed by atoms with van der Waals surface area (Å²) in [7, 11) is 1.40. The predicted molar refractivity (Wildman–Crippen MR) is 108 cm³/mol. The summed E-state index contributed by atoms with van der Waals surface area (Å²) in [6, 6.07) is 15.5. The summed E-state index contributed by atoms with van der Waals surface area (Å²) < 4.78 is 10.6. The third-order valence-corrected chi connectivity index (χ3v) is 4.68. The van der Waals surface area contributed by atoms with E-state index in [2.05, 4.69) is 10.1 Å². The molecule has 3 rings (SSSR count). The Bertz CT molecular complexity index is 825. The van der Waals surface area contributed by atoms with E-state index >= 15 is 0 Å². The number of ether oxygens (including phenoxy) is 2. The number of carbonyl (C=O) groups is 2. The minimum absolute atomic E-state index is 0.115. The fourth-order valence-electron chi connectivity index (χ4n) is 3.22. The van der Waals surface area contributed by atoms with Gasteiger partial charge in [0.1, 0.15) is 11.5 Å². The summed E-state index contributed by atoms with van der Waals surface area (Å²) in [6.07, 6.45) is 5.72. The molecule has 1 N–H and O–H groups in total. The van der Waals surface area contributed by atoms with E-state index in [-0.39, 0.29) is 11.9 Å². The molecule has 5 heteroatoms. The molecule has 0 saturated heterocycles. The van der Waals surface area contributed by atoms with Gasteiger partial charge in [-0.3, -0.25) is 9.59 Å². The molecule has 0 fully saturated rings. The predicted octanol–water partition coefficient (Wildman–Crippen LogP) is 4.46. The van der Waals surface area contributed by atoms with Crippen LogP contribution in [0.4, 0.5) is 0 Å². The fraction of sp³-hybridized carbons (Fsp3) is 0.304. The Morgan fingerprint density at radius 3 is 2.18 bits per heavy atom. The Kier molecular flexibility index (Phi) is 6.84. The number of carbonyl (C=O) groups excluding carboxylic acids is 2. The quantitative estimate of drug-likeness (QED) is 0.356. The molecule has 0 unspecified atom stereocenters. The first kappa shape index (κ1) is 19.7. The summed E-state index contributed by atoms with van der Waals surface area (Å²) in [4.78, 5) is 23.5. The largest absolute Gasteiger partial charge is 0.469 e. The Morgan fingerprint density at radius 2 is 1.54 bits per heavy atom. The van der Waals surface area contributed by atoms with E-state index < -0.39 is 0 Å². The van der Waals surface area contributed by atoms with Gasteiger partial charge in [0.2, 0.25) is 5.91 Å². The Labute approximate surface area is 165 Å². The van der Waals surface area contributed by atoms with Crippen LogP contribution in [0, 0.1) is 0 Å². The molecule has 0 aromatic heterocycles. The highest BCUT2D eigenvalue weighted by atomic mass is 16.5. The molecule has 0 aliphatic carbocycles. The summed E-state index contributed by atoms with van der Waals surface area (Å²) in [5.74, 6) is 1.23. The second-order valence-corrected chi connectivity index (χ2v) is 6.68. The molecular formula is C23H25NO4. The number of rotatable bonds is 8. The Balaban J connectivity index is 1.56. The van der Waals surface area contributed by atoms with E-state index in [9.17, 15) is 9.59 Å². The monoisotopic (exact) mass is 379 g/mol. The van der Waals surface area contributed by atoms with Crippen molar-refractivity contribution in [3.05, 3.63) is 65.7 Å². The van der Waals surface area contributed by atoms with Crippen molar-refractivity contribution in [3.8, 4) is 11.5 Å². The van der Waals surface area contributed by atoms with Crippen LogP contribution < -0.4 is 10.1 Å². The van der Waals surface area contributed by atoms with Gasteiger partial charge in [-0.1, -0.05) is 49.2 Å². The van der Waals surface area contributed by atoms with Crippen LogP contribution >= 0.6 is 0 Å². The van der Waals surface area contributed by atoms with Gasteiger partial charge in [-0.2, -0.15) is 0 Å². The van der Waals surface area contributed by atoms with Crippen LogP contribution in [0.2, 0.25) is 0 Å². The number of hydrogen-bond donors (Lipinski definition) is 1. The number of esters is 1. The van der Waals surface area contributed by atoms with Gasteiger partial charge in [0.05, 0.1) is 7.11 Å². The highest BCUT2D eigenvalue weighted by molar-refractivity contribution is 6.01. The smallest absolute Gasteiger partial charge is 0.305 e. The normalized spacial score (nSPS) is 11.7. The molecule has 28 heavy (non-hydrogen) atoms. The van der Waals surface area contributed by atoms with Crippen LogP contribution in [0.25, 0.3) is 5.57 Å². The summed E-state index contributed by atoms with van der Waals surface area (Å²) >= 11 is 0. The van der Waals surface area contributed by atoms with Crippen molar-refractivity contribution in [1.82, 2.24) is 5.32 Å². The van der Waals surface area contributed by atoms with Crippen LogP contribution in [0.15, 0.2) is 54.6 Å². The van der Waals surface area contributed by atoms with Crippen molar-refractivity contribution in [2.24, 2.45) is 0 Å². The maximum Gasteiger partial charge on any atom is 0.305 e. The van der Waals surface area contributed by atoms with Crippen LogP contribution in [0.1, 0.15) is 43.2 Å². The molecule has 0 bridgehead atoms. The molecule has 0 radical (unpaired) electrons. The average molecular weight is 379 g/mol. The zero-order chi connectivity index (χ0) is 19.8. The number of nitrogens with one attached hydrogen (secondary N) is 1. The topological polar surface area (TPSA) is 64.6 Å². The molecule has 2 aromatic rings. The molecule has 1 heterocycles. The standard InChI is InChI=1S/C23H25NO4/c1-27-23(26)14-4-2-3-9-15-24-22(25)16-19-17-10-5-7-12-20(17)28-21-13-8-6-11-18(19)21/h5-8,10-13,16H,2-4,9,14-15H2,1H3,(H,24,25). The van der Waals surface area contributed by atoms with E-state index in [0.29, 0.717) is 13.0 Å². The van der Waals surface area contributed by atoms with Crippen molar-refractivity contribution < 1.29 is 19.1 Å². The Morgan fingerprint density at radius 1 is 0.929 bits per heavy atom. The third kappa shape index (κ3) is 5.00. The first-order chi connectivity index (χ1) is 13.7. The highest BCUT2D eigenvalue weighted by Gasteiger charge is 2.21. The SMILES string of the molecule is COC(=O)CCCCCCNC(=O)C=C1c2ccccc2Oc2ccccc21. The van der Waals surface area contributed by atoms with Crippen LogP contribution in [-0.2, 0) is 14.3 Å². The average Bonchev–Trinajstić information content (AvgIpc) is 2.72. The second-order valence-electron chi connectivity index (χ2n) is 6.68. The zero-order valence-corrected chi connectivity index (χ0v) is 16.1. The molecular weight excluding hydrogens is 354 g/mol. The number of hydrogen-bond acceptors (Lipinski definition) is 4. The van der Waals surface area contributed by atoms with Gasteiger partial charge in [0, 0.05) is 35.7 Å². The van der Waals surface area contributed by atoms with E-state index in [1.54, 1.807) is 6.08 Å². The van der Waals surface area contributed by atoms with Gasteiger partial charge in [-0.25, -0.2) is 0 Å². The first-order valence-electron chi connectivity index (χ1n) is 9.62. The molecule has 1 aliphatic rings. The van der Waals surface area contributed by atoms with Crippen molar-refractivity contribution in [2.45, 2.75) is 32.1 Å². The minimum atomic E-state index is -0.169. The summed E-state index contributed by atoms with van der Waals surface area (Å²) in [5.41, 5.74) is 2.70. The fourth-order valence-corrected chi connectivity index (χ4v) is 3.22. The lowest BCUT2D eigenvalue weighted by atomic mass is 9.93. The van der Waals surface area contributed by atoms with Gasteiger partial charge in [0.25, 0.3) is 0 Å². The second kappa shape index (κ2) is 9.74. The molecule has 1 amide bonds. The third-order valence-electron chi connectivity index (χ3n) is 4.68. The van der Waals surface area contributed by atoms with E-state index in [1.165, 1.54) is 7.11 Å². The number of methoxy groups -OCH3 is 1. The number of amides is 1. The molecule has 0 saturated carbocycles. The van der Waals surface area contributed by atoms with Gasteiger partial charge >= 0.3 is 5.97 Å². The van der Waals surface area contributed by atoms with Crippen LogP contribution in [-0.4, -0.2) is 25.5 Å². The highest BCUT2D eigenvalue weighted by Crippen LogP contribution is 2.43. The lowest BCUT2D eigenvalue weighted by molar-refractivity contribution is -0.140. The molecule has 5 nitrogen and oxygen atoms in total. The van der Waals surface area contributed by atoms with Crippen molar-refractivity contribution >= 4 is 17.4 Å². The molecule has 0 spiro atoms. The number of benzene rings is 2. The minimum Gasteiger partial charge on any atom is -0.469 e.